The fourth-order valence-electron chi connectivity index (χ4n) is 5.25. The Morgan fingerprint density at radius 1 is 1.00 bits per heavy atom. The van der Waals surface area contributed by atoms with Gasteiger partial charge < -0.3 is 14.8 Å². The average Bonchev–Trinajstić information content (AvgIpc) is 3.55. The van der Waals surface area contributed by atoms with Crippen molar-refractivity contribution in [2.24, 2.45) is 5.41 Å². The van der Waals surface area contributed by atoms with E-state index in [1.54, 1.807) is 24.3 Å². The second-order valence-electron chi connectivity index (χ2n) is 10.4. The summed E-state index contributed by atoms with van der Waals surface area (Å²) >= 11 is 0. The number of nitrogens with one attached hydrogen (secondary N) is 1. The van der Waals surface area contributed by atoms with E-state index < -0.39 is 24.0 Å². The number of fused-ring (bicyclic) bond motifs is 1. The van der Waals surface area contributed by atoms with Crippen LogP contribution in [0.4, 0.5) is 8.78 Å². The summed E-state index contributed by atoms with van der Waals surface area (Å²) in [4.78, 5) is 26.7. The molecule has 1 atom stereocenters. The van der Waals surface area contributed by atoms with Gasteiger partial charge in [-0.2, -0.15) is 0 Å². The van der Waals surface area contributed by atoms with Crippen LogP contribution in [0.1, 0.15) is 73.6 Å². The van der Waals surface area contributed by atoms with Gasteiger partial charge in [0.2, 0.25) is 0 Å². The first-order valence-corrected chi connectivity index (χ1v) is 12.7. The Labute approximate surface area is 214 Å². The minimum Gasteiger partial charge on any atom is -0.451 e. The van der Waals surface area contributed by atoms with Crippen molar-refractivity contribution in [3.8, 4) is 23.5 Å². The summed E-state index contributed by atoms with van der Waals surface area (Å²) < 4.78 is 31.4. The van der Waals surface area contributed by atoms with Crippen LogP contribution < -0.4 is 5.32 Å². The molecule has 0 aliphatic heterocycles. The maximum Gasteiger partial charge on any atom is 0.287 e. The van der Waals surface area contributed by atoms with E-state index in [0.717, 1.165) is 48.6 Å². The van der Waals surface area contributed by atoms with Gasteiger partial charge in [-0.3, -0.25) is 9.59 Å². The van der Waals surface area contributed by atoms with Crippen molar-refractivity contribution in [3.63, 3.8) is 0 Å². The average molecular weight is 506 g/mol. The van der Waals surface area contributed by atoms with E-state index in [9.17, 15) is 23.5 Å². The predicted octanol–water partition coefficient (Wildman–Crippen LogP) is 6.20. The Morgan fingerprint density at radius 2 is 1.68 bits per heavy atom. The van der Waals surface area contributed by atoms with Crippen molar-refractivity contribution in [2.75, 3.05) is 0 Å². The van der Waals surface area contributed by atoms with Gasteiger partial charge in [0.15, 0.2) is 11.5 Å². The molecule has 1 unspecified atom stereocenters. The van der Waals surface area contributed by atoms with Gasteiger partial charge >= 0.3 is 0 Å². The lowest BCUT2D eigenvalue weighted by molar-refractivity contribution is -0.127. The smallest absolute Gasteiger partial charge is 0.287 e. The molecule has 2 aromatic carbocycles. The fraction of sp³-hybridized carbons (Fsp3) is 0.400. The van der Waals surface area contributed by atoms with Crippen molar-refractivity contribution < 1.29 is 27.9 Å². The Morgan fingerprint density at radius 3 is 2.30 bits per heavy atom. The van der Waals surface area contributed by atoms with Crippen molar-refractivity contribution in [1.82, 2.24) is 5.32 Å². The van der Waals surface area contributed by atoms with Crippen molar-refractivity contribution in [2.45, 2.75) is 69.4 Å². The molecule has 0 radical (unpaired) electrons. The molecule has 0 spiro atoms. The molecule has 2 aliphatic carbocycles. The zero-order chi connectivity index (χ0) is 26.2. The number of aliphatic hydroxyl groups is 1. The molecule has 1 amide bonds. The number of carbonyl (C=O) groups is 2. The van der Waals surface area contributed by atoms with Crippen molar-refractivity contribution >= 4 is 22.7 Å². The number of halogens is 2. The maximum atomic E-state index is 13.4. The van der Waals surface area contributed by atoms with E-state index in [0.29, 0.717) is 24.8 Å². The summed E-state index contributed by atoms with van der Waals surface area (Å²) in [6.45, 7) is 0. The van der Waals surface area contributed by atoms with Crippen LogP contribution in [0.15, 0.2) is 52.9 Å². The number of Topliss-reactive ketones (excluding diaryl/α,β-unsaturated/α-hetero) is 1. The summed E-state index contributed by atoms with van der Waals surface area (Å²) in [5.41, 5.74) is 0.887. The lowest BCUT2D eigenvalue weighted by atomic mass is 9.75. The number of alkyl halides is 2. The molecule has 2 saturated carbocycles. The quantitative estimate of drug-likeness (QED) is 0.357. The molecule has 1 aromatic heterocycles. The number of carbonyl (C=O) groups excluding carboxylic acids is 2. The third kappa shape index (κ3) is 5.03. The Bertz CT molecular complexity index is 1360. The molecule has 5 nitrogen and oxygen atoms in total. The number of furan rings is 1. The van der Waals surface area contributed by atoms with Crippen LogP contribution in [0.25, 0.3) is 22.1 Å². The van der Waals surface area contributed by atoms with Gasteiger partial charge in [0.1, 0.15) is 11.7 Å². The first-order valence-electron chi connectivity index (χ1n) is 12.7. The Hall–Kier alpha value is -3.50. The molecule has 192 valence electrons. The largest absolute Gasteiger partial charge is 0.451 e. The number of aliphatic hydroxyl groups excluding tert-OH is 1. The predicted molar refractivity (Wildman–Crippen MR) is 136 cm³/mol. The van der Waals surface area contributed by atoms with Crippen molar-refractivity contribution in [1.29, 1.82) is 0 Å². The first-order chi connectivity index (χ1) is 17.7. The maximum absolute atomic E-state index is 13.4. The standard InChI is InChI=1S/C30H29F2NO4/c1-2-29(14-15-29)18-25(34)30(12-4-3-5-13-30)33-28(36)24-17-22-11-10-21(16-23(22)37-24)19-6-8-20(9-7-19)26(35)27(31)32/h1,6-11,16-17,26-27,35H,3-5,12-15,18H2,(H,33,36). The first kappa shape index (κ1) is 25.2. The molecular formula is C30H29F2NO4. The summed E-state index contributed by atoms with van der Waals surface area (Å²) in [5.74, 6) is 2.48. The minimum absolute atomic E-state index is 0.00908. The highest BCUT2D eigenvalue weighted by Crippen LogP contribution is 2.49. The second kappa shape index (κ2) is 9.75. The molecule has 7 heteroatoms. The molecule has 3 aromatic rings. The second-order valence-corrected chi connectivity index (χ2v) is 10.4. The van der Waals surface area contributed by atoms with Crippen LogP contribution in [0, 0.1) is 17.8 Å². The minimum atomic E-state index is -2.86. The zero-order valence-electron chi connectivity index (χ0n) is 20.4. The number of ketones is 1. The Kier molecular flexibility index (Phi) is 6.63. The Balaban J connectivity index is 1.36. The summed E-state index contributed by atoms with van der Waals surface area (Å²) in [5, 5.41) is 13.3. The van der Waals surface area contributed by atoms with Crippen LogP contribution in [-0.4, -0.2) is 28.8 Å². The van der Waals surface area contributed by atoms with Crippen LogP contribution in [0.5, 0.6) is 0 Å². The summed E-state index contributed by atoms with van der Waals surface area (Å²) in [6, 6.07) is 13.3. The SMILES string of the molecule is C#CC1(CC(=O)C2(NC(=O)c3cc4ccc(-c5ccc(C(O)C(F)F)cc5)cc4o3)CCCCC2)CC1. The number of hydrogen-bond acceptors (Lipinski definition) is 4. The molecule has 0 saturated heterocycles. The number of amides is 1. The highest BCUT2D eigenvalue weighted by Gasteiger charge is 2.49. The van der Waals surface area contributed by atoms with Gasteiger partial charge in [0.05, 0.1) is 5.54 Å². The van der Waals surface area contributed by atoms with Gasteiger partial charge in [-0.25, -0.2) is 8.78 Å². The molecule has 37 heavy (non-hydrogen) atoms. The van der Waals surface area contributed by atoms with Crippen LogP contribution in [0.2, 0.25) is 0 Å². The molecule has 1 heterocycles. The molecule has 2 fully saturated rings. The summed E-state index contributed by atoms with van der Waals surface area (Å²) in [7, 11) is 0. The number of terminal acetylenes is 1. The lowest BCUT2D eigenvalue weighted by Gasteiger charge is -2.37. The van der Waals surface area contributed by atoms with E-state index >= 15 is 0 Å². The molecular weight excluding hydrogens is 476 g/mol. The third-order valence-corrected chi connectivity index (χ3v) is 7.82. The van der Waals surface area contributed by atoms with E-state index in [-0.39, 0.29) is 22.5 Å². The van der Waals surface area contributed by atoms with E-state index in [1.807, 2.05) is 12.1 Å². The van der Waals surface area contributed by atoms with Crippen LogP contribution in [-0.2, 0) is 4.79 Å². The normalized spacial score (nSPS) is 18.8. The van der Waals surface area contributed by atoms with E-state index in [2.05, 4.69) is 11.2 Å². The van der Waals surface area contributed by atoms with Crippen molar-refractivity contribution in [3.05, 3.63) is 59.9 Å². The van der Waals surface area contributed by atoms with Gasteiger partial charge in [0.25, 0.3) is 12.3 Å². The number of benzene rings is 2. The lowest BCUT2D eigenvalue weighted by Crippen LogP contribution is -2.56. The highest BCUT2D eigenvalue weighted by molar-refractivity contribution is 6.01. The molecule has 5 rings (SSSR count). The highest BCUT2D eigenvalue weighted by atomic mass is 19.3. The topological polar surface area (TPSA) is 79.5 Å². The van der Waals surface area contributed by atoms with Gasteiger partial charge in [-0.05, 0) is 54.5 Å². The molecule has 2 aliphatic rings. The van der Waals surface area contributed by atoms with Crippen LogP contribution >= 0.6 is 0 Å². The number of rotatable bonds is 8. The van der Waals surface area contributed by atoms with E-state index in [4.69, 9.17) is 10.8 Å². The van der Waals surface area contributed by atoms with Gasteiger partial charge in [-0.15, -0.1) is 6.42 Å². The third-order valence-electron chi connectivity index (χ3n) is 7.82. The fourth-order valence-corrected chi connectivity index (χ4v) is 5.25. The van der Waals surface area contributed by atoms with E-state index in [1.165, 1.54) is 12.1 Å². The van der Waals surface area contributed by atoms with Gasteiger partial charge in [-0.1, -0.05) is 61.6 Å². The zero-order valence-corrected chi connectivity index (χ0v) is 20.4. The molecule has 2 N–H and O–H groups in total. The monoisotopic (exact) mass is 505 g/mol. The van der Waals surface area contributed by atoms with Gasteiger partial charge in [0, 0.05) is 17.2 Å². The van der Waals surface area contributed by atoms with Crippen LogP contribution in [0.3, 0.4) is 0 Å². The molecule has 0 bridgehead atoms. The number of hydrogen-bond donors (Lipinski definition) is 2. The summed E-state index contributed by atoms with van der Waals surface area (Å²) in [6.07, 6.45) is 6.92.